The Morgan fingerprint density at radius 2 is 1.94 bits per heavy atom. The second kappa shape index (κ2) is 10.4. The maximum Gasteiger partial charge on any atom is 0.264 e. The largest absolute Gasteiger partial charge is 0.497 e. The number of carbonyl (C=O) groups is 2. The van der Waals surface area contributed by atoms with Gasteiger partial charge in [-0.25, -0.2) is 0 Å². The fourth-order valence-electron chi connectivity index (χ4n) is 4.01. The van der Waals surface area contributed by atoms with Crippen molar-refractivity contribution in [1.82, 2.24) is 9.80 Å². The number of rotatable bonds is 8. The van der Waals surface area contributed by atoms with E-state index in [1.807, 2.05) is 54.5 Å². The molecule has 174 valence electrons. The van der Waals surface area contributed by atoms with Gasteiger partial charge in [0.1, 0.15) is 24.7 Å². The molecular formula is C25H28N2O4S2. The summed E-state index contributed by atoms with van der Waals surface area (Å²) in [5.41, 5.74) is 1.13. The molecule has 0 radical (unpaired) electrons. The Hall–Kier alpha value is -2.84. The average molecular weight is 485 g/mol. The van der Waals surface area contributed by atoms with Gasteiger partial charge in [-0.1, -0.05) is 12.1 Å². The van der Waals surface area contributed by atoms with Crippen LogP contribution in [0.4, 0.5) is 0 Å². The Morgan fingerprint density at radius 3 is 2.67 bits per heavy atom. The molecule has 0 unspecified atom stereocenters. The highest BCUT2D eigenvalue weighted by atomic mass is 32.1. The zero-order valence-electron chi connectivity index (χ0n) is 19.0. The first kappa shape index (κ1) is 23.3. The van der Waals surface area contributed by atoms with Crippen molar-refractivity contribution in [2.24, 2.45) is 0 Å². The number of thiophene rings is 2. The highest BCUT2D eigenvalue weighted by molar-refractivity contribution is 7.12. The number of benzene rings is 1. The van der Waals surface area contributed by atoms with Crippen LogP contribution in [-0.2, 0) is 11.2 Å². The summed E-state index contributed by atoms with van der Waals surface area (Å²) in [5, 5.41) is 3.94. The molecule has 8 heteroatoms. The van der Waals surface area contributed by atoms with E-state index in [2.05, 4.69) is 11.4 Å². The van der Waals surface area contributed by atoms with E-state index in [0.717, 1.165) is 17.7 Å². The molecule has 1 aliphatic rings. The molecule has 4 rings (SSSR count). The van der Waals surface area contributed by atoms with E-state index in [-0.39, 0.29) is 30.4 Å². The normalized spacial score (nSPS) is 15.3. The lowest BCUT2D eigenvalue weighted by atomic mass is 10.00. The van der Waals surface area contributed by atoms with Gasteiger partial charge in [0.25, 0.3) is 5.91 Å². The van der Waals surface area contributed by atoms with Crippen LogP contribution in [0.3, 0.4) is 0 Å². The summed E-state index contributed by atoms with van der Waals surface area (Å²) in [4.78, 5) is 32.0. The molecule has 2 aromatic heterocycles. The molecule has 1 atom stereocenters. The molecule has 0 spiro atoms. The predicted octanol–water partition coefficient (Wildman–Crippen LogP) is 4.87. The van der Waals surface area contributed by atoms with Crippen LogP contribution >= 0.6 is 22.7 Å². The molecule has 1 aromatic carbocycles. The van der Waals surface area contributed by atoms with Crippen LogP contribution in [0.25, 0.3) is 0 Å². The molecule has 1 aliphatic heterocycles. The average Bonchev–Trinajstić information content (AvgIpc) is 3.52. The minimum absolute atomic E-state index is 0.0452. The Labute approximate surface area is 202 Å². The fraction of sp³-hybridized carbons (Fsp3) is 0.360. The lowest BCUT2D eigenvalue weighted by Gasteiger charge is -2.37. The first-order valence-electron chi connectivity index (χ1n) is 10.9. The lowest BCUT2D eigenvalue weighted by Crippen LogP contribution is -2.49. The van der Waals surface area contributed by atoms with E-state index in [0.29, 0.717) is 23.8 Å². The second-order valence-corrected chi connectivity index (χ2v) is 10.1. The summed E-state index contributed by atoms with van der Waals surface area (Å²) in [7, 11) is 1.62. The van der Waals surface area contributed by atoms with E-state index >= 15 is 0 Å². The molecule has 0 saturated heterocycles. The zero-order valence-corrected chi connectivity index (χ0v) is 20.7. The Kier molecular flexibility index (Phi) is 7.35. The third kappa shape index (κ3) is 5.23. The van der Waals surface area contributed by atoms with Gasteiger partial charge in [-0.3, -0.25) is 9.59 Å². The maximum atomic E-state index is 13.5. The molecule has 0 aliphatic carbocycles. The van der Waals surface area contributed by atoms with Crippen molar-refractivity contribution >= 4 is 34.5 Å². The summed E-state index contributed by atoms with van der Waals surface area (Å²) in [6.45, 7) is 4.87. The van der Waals surface area contributed by atoms with Crippen molar-refractivity contribution in [3.63, 3.8) is 0 Å². The molecule has 6 nitrogen and oxygen atoms in total. The molecule has 33 heavy (non-hydrogen) atoms. The van der Waals surface area contributed by atoms with Gasteiger partial charge in [0, 0.05) is 23.5 Å². The summed E-state index contributed by atoms with van der Waals surface area (Å²) in [5.74, 6) is 1.25. The number of hydrogen-bond acceptors (Lipinski definition) is 6. The minimum atomic E-state index is -0.204. The van der Waals surface area contributed by atoms with Crippen LogP contribution in [0.2, 0.25) is 0 Å². The van der Waals surface area contributed by atoms with Crippen LogP contribution in [0.15, 0.2) is 53.2 Å². The van der Waals surface area contributed by atoms with E-state index in [9.17, 15) is 9.59 Å². The standard InChI is InChI=1S/C25H28N2O4S2/c1-17(2)27(25(29)23-8-5-12-32-23)15-24(28)26-11-9-22-20(10-13-33-22)21(26)16-31-19-7-4-6-18(14-19)30-3/h4-8,10,12-14,17,21H,9,11,15-16H2,1-3H3/t21-/m0/s1. The van der Waals surface area contributed by atoms with Gasteiger partial charge < -0.3 is 19.3 Å². The van der Waals surface area contributed by atoms with Crippen molar-refractivity contribution in [2.75, 3.05) is 26.8 Å². The van der Waals surface area contributed by atoms with Crippen molar-refractivity contribution in [2.45, 2.75) is 32.4 Å². The molecule has 3 heterocycles. The van der Waals surface area contributed by atoms with Crippen LogP contribution in [-0.4, -0.2) is 54.5 Å². The zero-order chi connectivity index (χ0) is 23.4. The lowest BCUT2D eigenvalue weighted by molar-refractivity contribution is -0.136. The fourth-order valence-corrected chi connectivity index (χ4v) is 5.62. The molecule has 0 N–H and O–H groups in total. The summed E-state index contributed by atoms with van der Waals surface area (Å²) >= 11 is 3.11. The summed E-state index contributed by atoms with van der Waals surface area (Å²) < 4.78 is 11.4. The molecule has 2 amide bonds. The van der Waals surface area contributed by atoms with Gasteiger partial charge in [0.15, 0.2) is 0 Å². The molecule has 0 fully saturated rings. The minimum Gasteiger partial charge on any atom is -0.497 e. The number of methoxy groups -OCH3 is 1. The van der Waals surface area contributed by atoms with Crippen molar-refractivity contribution in [3.05, 3.63) is 68.5 Å². The van der Waals surface area contributed by atoms with Gasteiger partial charge in [-0.15, -0.1) is 22.7 Å². The van der Waals surface area contributed by atoms with Crippen LogP contribution in [0.1, 0.15) is 40.0 Å². The number of nitrogens with zero attached hydrogens (tertiary/aromatic N) is 2. The Morgan fingerprint density at radius 1 is 1.12 bits per heavy atom. The molecule has 0 bridgehead atoms. The number of carbonyl (C=O) groups excluding carboxylic acids is 2. The number of hydrogen-bond donors (Lipinski definition) is 0. The third-order valence-electron chi connectivity index (χ3n) is 5.79. The monoisotopic (exact) mass is 484 g/mol. The van der Waals surface area contributed by atoms with Gasteiger partial charge >= 0.3 is 0 Å². The van der Waals surface area contributed by atoms with E-state index in [1.54, 1.807) is 29.4 Å². The molecular weight excluding hydrogens is 456 g/mol. The Balaban J connectivity index is 1.52. The van der Waals surface area contributed by atoms with Crippen LogP contribution in [0.5, 0.6) is 11.5 Å². The van der Waals surface area contributed by atoms with Gasteiger partial charge in [-0.2, -0.15) is 0 Å². The maximum absolute atomic E-state index is 13.5. The second-order valence-electron chi connectivity index (χ2n) is 8.15. The summed E-state index contributed by atoms with van der Waals surface area (Å²) in [6.07, 6.45) is 0.814. The molecule has 3 aromatic rings. The van der Waals surface area contributed by atoms with Gasteiger partial charge in [0.05, 0.1) is 18.0 Å². The van der Waals surface area contributed by atoms with E-state index < -0.39 is 0 Å². The number of fused-ring (bicyclic) bond motifs is 1. The predicted molar refractivity (Wildman–Crippen MR) is 131 cm³/mol. The number of amides is 2. The quantitative estimate of drug-likeness (QED) is 0.458. The van der Waals surface area contributed by atoms with Gasteiger partial charge in [0.2, 0.25) is 5.91 Å². The SMILES string of the molecule is COc1cccc(OC[C@H]2c3ccsc3CCN2C(=O)CN(C(=O)c2cccs2)C(C)C)c1. The first-order valence-corrected chi connectivity index (χ1v) is 12.7. The third-order valence-corrected chi connectivity index (χ3v) is 7.64. The molecule has 0 saturated carbocycles. The summed E-state index contributed by atoms with van der Waals surface area (Å²) in [6, 6.07) is 12.9. The van der Waals surface area contributed by atoms with Crippen LogP contribution in [0, 0.1) is 0 Å². The van der Waals surface area contributed by atoms with Crippen LogP contribution < -0.4 is 9.47 Å². The van der Waals surface area contributed by atoms with Crippen molar-refractivity contribution < 1.29 is 19.1 Å². The number of ether oxygens (including phenoxy) is 2. The van der Waals surface area contributed by atoms with E-state index in [4.69, 9.17) is 9.47 Å². The highest BCUT2D eigenvalue weighted by Gasteiger charge is 2.34. The Bertz CT molecular complexity index is 1090. The highest BCUT2D eigenvalue weighted by Crippen LogP contribution is 2.34. The van der Waals surface area contributed by atoms with Gasteiger partial charge in [-0.05, 0) is 60.9 Å². The topological polar surface area (TPSA) is 59.1 Å². The smallest absolute Gasteiger partial charge is 0.264 e. The van der Waals surface area contributed by atoms with Crippen molar-refractivity contribution in [3.8, 4) is 11.5 Å². The van der Waals surface area contributed by atoms with E-state index in [1.165, 1.54) is 16.2 Å². The van der Waals surface area contributed by atoms with Crippen molar-refractivity contribution in [1.29, 1.82) is 0 Å². The first-order chi connectivity index (χ1) is 16.0.